The highest BCUT2D eigenvalue weighted by Crippen LogP contribution is 2.16. The van der Waals surface area contributed by atoms with Crippen LogP contribution in [0.4, 0.5) is 0 Å². The minimum atomic E-state index is 0.363. The summed E-state index contributed by atoms with van der Waals surface area (Å²) in [6.45, 7) is 2.35. The van der Waals surface area contributed by atoms with Crippen LogP contribution in [0.3, 0.4) is 0 Å². The van der Waals surface area contributed by atoms with E-state index in [1.165, 1.54) is 0 Å². The fraction of sp³-hybridized carbons (Fsp3) is 0.636. The first kappa shape index (κ1) is 11.6. The molecule has 0 bridgehead atoms. The molecule has 0 radical (unpaired) electrons. The van der Waals surface area contributed by atoms with E-state index in [4.69, 9.17) is 21.1 Å². The third kappa shape index (κ3) is 3.32. The highest BCUT2D eigenvalue weighted by atomic mass is 35.5. The van der Waals surface area contributed by atoms with Gasteiger partial charge in [0.25, 0.3) is 0 Å². The van der Waals surface area contributed by atoms with Crippen molar-refractivity contribution in [1.29, 1.82) is 0 Å². The average molecular weight is 243 g/mol. The molecule has 0 spiro atoms. The Bertz CT molecular complexity index is 330. The zero-order valence-corrected chi connectivity index (χ0v) is 9.82. The van der Waals surface area contributed by atoms with Crippen molar-refractivity contribution < 1.29 is 9.47 Å². The van der Waals surface area contributed by atoms with Crippen LogP contribution in [0.1, 0.15) is 18.5 Å². The lowest BCUT2D eigenvalue weighted by Gasteiger charge is -2.21. The minimum absolute atomic E-state index is 0.363. The zero-order chi connectivity index (χ0) is 11.2. The predicted octanol–water partition coefficient (Wildman–Crippen LogP) is 2.02. The summed E-state index contributed by atoms with van der Waals surface area (Å²) < 4.78 is 10.9. The van der Waals surface area contributed by atoms with Gasteiger partial charge >= 0.3 is 0 Å². The molecule has 2 rings (SSSR count). The fourth-order valence-electron chi connectivity index (χ4n) is 1.64. The molecule has 0 N–H and O–H groups in total. The van der Waals surface area contributed by atoms with Gasteiger partial charge in [0.05, 0.1) is 24.4 Å². The summed E-state index contributed by atoms with van der Waals surface area (Å²) in [6, 6.07) is 0. The van der Waals surface area contributed by atoms with Crippen molar-refractivity contribution in [3.8, 4) is 5.88 Å². The first-order valence-corrected chi connectivity index (χ1v) is 5.99. The molecule has 1 aliphatic rings. The first-order valence-electron chi connectivity index (χ1n) is 5.46. The van der Waals surface area contributed by atoms with Gasteiger partial charge in [0.1, 0.15) is 0 Å². The number of nitrogens with zero attached hydrogens (tertiary/aromatic N) is 2. The van der Waals surface area contributed by atoms with Gasteiger partial charge in [-0.15, -0.1) is 11.6 Å². The van der Waals surface area contributed by atoms with Gasteiger partial charge in [-0.1, -0.05) is 0 Å². The van der Waals surface area contributed by atoms with Crippen molar-refractivity contribution >= 4 is 11.6 Å². The SMILES string of the molecule is ClCc1cncc(OCC2CCOCC2)n1. The van der Waals surface area contributed by atoms with Crippen molar-refractivity contribution in [2.24, 2.45) is 5.92 Å². The van der Waals surface area contributed by atoms with Gasteiger partial charge in [-0.05, 0) is 18.8 Å². The lowest BCUT2D eigenvalue weighted by Crippen LogP contribution is -2.21. The molecule has 1 saturated heterocycles. The molecular weight excluding hydrogens is 228 g/mol. The smallest absolute Gasteiger partial charge is 0.232 e. The maximum absolute atomic E-state index is 5.67. The van der Waals surface area contributed by atoms with Crippen LogP contribution in [-0.4, -0.2) is 29.8 Å². The van der Waals surface area contributed by atoms with E-state index in [0.29, 0.717) is 24.3 Å². The minimum Gasteiger partial charge on any atom is -0.476 e. The molecule has 4 nitrogen and oxygen atoms in total. The van der Waals surface area contributed by atoms with Crippen molar-refractivity contribution in [2.75, 3.05) is 19.8 Å². The fourth-order valence-corrected chi connectivity index (χ4v) is 1.77. The second-order valence-corrected chi connectivity index (χ2v) is 4.12. The Hall–Kier alpha value is -0.870. The molecule has 16 heavy (non-hydrogen) atoms. The third-order valence-corrected chi connectivity index (χ3v) is 2.88. The van der Waals surface area contributed by atoms with Crippen LogP contribution in [0.25, 0.3) is 0 Å². The molecule has 88 valence electrons. The molecule has 5 heteroatoms. The highest BCUT2D eigenvalue weighted by molar-refractivity contribution is 6.16. The largest absolute Gasteiger partial charge is 0.476 e. The standard InChI is InChI=1S/C11H15ClN2O2/c12-5-10-6-13-7-11(14-10)16-8-9-1-3-15-4-2-9/h6-7,9H,1-5,8H2. The monoisotopic (exact) mass is 242 g/mol. The van der Waals surface area contributed by atoms with E-state index in [2.05, 4.69) is 9.97 Å². The third-order valence-electron chi connectivity index (χ3n) is 2.61. The van der Waals surface area contributed by atoms with Crippen LogP contribution in [-0.2, 0) is 10.6 Å². The summed E-state index contributed by atoms with van der Waals surface area (Å²) in [5.41, 5.74) is 0.742. The molecule has 1 aromatic heterocycles. The Morgan fingerprint density at radius 2 is 2.19 bits per heavy atom. The van der Waals surface area contributed by atoms with Crippen molar-refractivity contribution in [2.45, 2.75) is 18.7 Å². The molecule has 1 fully saturated rings. The number of alkyl halides is 1. The summed E-state index contributed by atoms with van der Waals surface area (Å²) in [5.74, 6) is 1.49. The Morgan fingerprint density at radius 3 is 2.94 bits per heavy atom. The van der Waals surface area contributed by atoms with Gasteiger partial charge < -0.3 is 9.47 Å². The van der Waals surface area contributed by atoms with E-state index in [-0.39, 0.29) is 0 Å². The van der Waals surface area contributed by atoms with Crippen molar-refractivity contribution in [3.63, 3.8) is 0 Å². The summed E-state index contributed by atoms with van der Waals surface area (Å²) >= 11 is 5.67. The zero-order valence-electron chi connectivity index (χ0n) is 9.06. The molecule has 0 unspecified atom stereocenters. The molecule has 0 aliphatic carbocycles. The number of aromatic nitrogens is 2. The van der Waals surface area contributed by atoms with E-state index in [0.717, 1.165) is 31.7 Å². The number of rotatable bonds is 4. The number of halogens is 1. The molecule has 0 atom stereocenters. The van der Waals surface area contributed by atoms with E-state index < -0.39 is 0 Å². The second kappa shape index (κ2) is 6.01. The molecule has 0 amide bonds. The van der Waals surface area contributed by atoms with Gasteiger partial charge in [-0.3, -0.25) is 4.98 Å². The topological polar surface area (TPSA) is 44.2 Å². The van der Waals surface area contributed by atoms with Gasteiger partial charge in [-0.2, -0.15) is 0 Å². The van der Waals surface area contributed by atoms with Crippen LogP contribution in [0.2, 0.25) is 0 Å². The Labute approximate surface area is 99.9 Å². The lowest BCUT2D eigenvalue weighted by atomic mass is 10.0. The lowest BCUT2D eigenvalue weighted by molar-refractivity contribution is 0.0489. The Kier molecular flexibility index (Phi) is 4.36. The van der Waals surface area contributed by atoms with Gasteiger partial charge in [0.15, 0.2) is 0 Å². The molecule has 0 aromatic carbocycles. The second-order valence-electron chi connectivity index (χ2n) is 3.85. The van der Waals surface area contributed by atoms with Gasteiger partial charge in [0.2, 0.25) is 5.88 Å². The van der Waals surface area contributed by atoms with Gasteiger partial charge in [-0.25, -0.2) is 4.98 Å². The van der Waals surface area contributed by atoms with Gasteiger partial charge in [0, 0.05) is 19.4 Å². The number of hydrogen-bond donors (Lipinski definition) is 0. The number of hydrogen-bond acceptors (Lipinski definition) is 4. The van der Waals surface area contributed by atoms with Crippen LogP contribution in [0, 0.1) is 5.92 Å². The Morgan fingerprint density at radius 1 is 1.38 bits per heavy atom. The quantitative estimate of drug-likeness (QED) is 0.758. The summed E-state index contributed by atoms with van der Waals surface area (Å²) in [6.07, 6.45) is 5.38. The predicted molar refractivity (Wildman–Crippen MR) is 60.6 cm³/mol. The molecular formula is C11H15ClN2O2. The summed E-state index contributed by atoms with van der Waals surface area (Å²) in [7, 11) is 0. The van der Waals surface area contributed by atoms with Crippen LogP contribution in [0.15, 0.2) is 12.4 Å². The summed E-state index contributed by atoms with van der Waals surface area (Å²) in [5, 5.41) is 0. The van der Waals surface area contributed by atoms with E-state index in [1.54, 1.807) is 12.4 Å². The summed E-state index contributed by atoms with van der Waals surface area (Å²) in [4.78, 5) is 8.25. The normalized spacial score (nSPS) is 17.3. The molecule has 1 aliphatic heterocycles. The van der Waals surface area contributed by atoms with E-state index in [9.17, 15) is 0 Å². The molecule has 1 aromatic rings. The average Bonchev–Trinajstić information content (AvgIpc) is 2.38. The highest BCUT2D eigenvalue weighted by Gasteiger charge is 2.14. The van der Waals surface area contributed by atoms with Crippen molar-refractivity contribution in [1.82, 2.24) is 9.97 Å². The van der Waals surface area contributed by atoms with Crippen LogP contribution < -0.4 is 4.74 Å². The Balaban J connectivity index is 1.83. The van der Waals surface area contributed by atoms with Crippen molar-refractivity contribution in [3.05, 3.63) is 18.1 Å². The first-order chi connectivity index (χ1) is 7.88. The van der Waals surface area contributed by atoms with Crippen LogP contribution >= 0.6 is 11.6 Å². The molecule has 0 saturated carbocycles. The van der Waals surface area contributed by atoms with E-state index in [1.807, 2.05) is 0 Å². The molecule has 2 heterocycles. The maximum atomic E-state index is 5.67. The van der Waals surface area contributed by atoms with E-state index >= 15 is 0 Å². The maximum Gasteiger partial charge on any atom is 0.232 e. The van der Waals surface area contributed by atoms with Crippen LogP contribution in [0.5, 0.6) is 5.88 Å². The number of ether oxygens (including phenoxy) is 2.